The second kappa shape index (κ2) is 11.8. The predicted molar refractivity (Wildman–Crippen MR) is 148 cm³/mol. The van der Waals surface area contributed by atoms with Crippen molar-refractivity contribution in [2.45, 2.75) is 59.3 Å². The molecule has 0 aromatic heterocycles. The van der Waals surface area contributed by atoms with Crippen LogP contribution in [0.25, 0.3) is 0 Å². The number of carbonyl (C=O) groups is 1. The van der Waals surface area contributed by atoms with Crippen LogP contribution in [0.15, 0.2) is 54.6 Å². The number of anilines is 1. The summed E-state index contributed by atoms with van der Waals surface area (Å²) in [5.74, 6) is 1.08. The molecule has 0 aliphatic carbocycles. The van der Waals surface area contributed by atoms with Crippen LogP contribution < -0.4 is 9.64 Å². The Kier molecular flexibility index (Phi) is 8.58. The van der Waals surface area contributed by atoms with Crippen LogP contribution in [0.5, 0.6) is 11.5 Å². The Balaban J connectivity index is 1.86. The lowest BCUT2D eigenvalue weighted by atomic mass is 9.80. The number of unbranched alkanes of at least 4 members (excludes halogenated alkanes) is 2. The SMILES string of the molecule is CCCCN(CCCC)c1ccc2c(c1)Oc1cc(C)c(Cl)cc1C2c1ccccc1C(=O)OCC. The fourth-order valence-electron chi connectivity index (χ4n) is 4.86. The molecule has 0 radical (unpaired) electrons. The molecule has 0 saturated carbocycles. The van der Waals surface area contributed by atoms with Gasteiger partial charge in [-0.1, -0.05) is 62.6 Å². The topological polar surface area (TPSA) is 38.8 Å². The molecule has 0 saturated heterocycles. The molecule has 5 heteroatoms. The van der Waals surface area contributed by atoms with Crippen LogP contribution in [0, 0.1) is 6.92 Å². The molecule has 0 bridgehead atoms. The summed E-state index contributed by atoms with van der Waals surface area (Å²) in [6, 6.07) is 18.2. The van der Waals surface area contributed by atoms with Crippen molar-refractivity contribution in [3.8, 4) is 11.5 Å². The van der Waals surface area contributed by atoms with Crippen molar-refractivity contribution >= 4 is 23.3 Å². The standard InChI is InChI=1S/C31H36ClNO3/c1-5-8-16-33(17-9-6-2)22-14-15-25-29(19-22)36-28-18-21(4)27(32)20-26(28)30(25)23-12-10-11-13-24(23)31(34)35-7-3/h10-15,18-20,30H,5-9,16-17H2,1-4H3. The van der Waals surface area contributed by atoms with E-state index in [-0.39, 0.29) is 11.9 Å². The highest BCUT2D eigenvalue weighted by atomic mass is 35.5. The van der Waals surface area contributed by atoms with Crippen LogP contribution >= 0.6 is 11.6 Å². The molecule has 0 fully saturated rings. The lowest BCUT2D eigenvalue weighted by Gasteiger charge is -2.32. The van der Waals surface area contributed by atoms with E-state index in [1.807, 2.05) is 50.2 Å². The van der Waals surface area contributed by atoms with Crippen LogP contribution in [0.2, 0.25) is 5.02 Å². The zero-order chi connectivity index (χ0) is 25.7. The number of halogens is 1. The number of nitrogens with zero attached hydrogens (tertiary/aromatic N) is 1. The van der Waals surface area contributed by atoms with Gasteiger partial charge in [-0.3, -0.25) is 0 Å². The highest BCUT2D eigenvalue weighted by molar-refractivity contribution is 6.31. The zero-order valence-corrected chi connectivity index (χ0v) is 22.5. The minimum atomic E-state index is -0.317. The number of rotatable bonds is 10. The van der Waals surface area contributed by atoms with E-state index in [2.05, 4.69) is 36.9 Å². The first-order valence-corrected chi connectivity index (χ1v) is 13.5. The smallest absolute Gasteiger partial charge is 0.338 e. The Hall–Kier alpha value is -2.98. The monoisotopic (exact) mass is 505 g/mol. The Morgan fingerprint density at radius 1 is 0.917 bits per heavy atom. The van der Waals surface area contributed by atoms with Gasteiger partial charge >= 0.3 is 5.97 Å². The van der Waals surface area contributed by atoms with Crippen LogP contribution in [0.3, 0.4) is 0 Å². The van der Waals surface area contributed by atoms with Crippen molar-refractivity contribution in [1.82, 2.24) is 0 Å². The van der Waals surface area contributed by atoms with Gasteiger partial charge in [0.25, 0.3) is 0 Å². The molecular weight excluding hydrogens is 470 g/mol. The van der Waals surface area contributed by atoms with Gasteiger partial charge in [-0.2, -0.15) is 0 Å². The number of benzene rings is 3. The van der Waals surface area contributed by atoms with Crippen molar-refractivity contribution in [2.75, 3.05) is 24.6 Å². The maximum atomic E-state index is 12.9. The first kappa shape index (κ1) is 26.1. The second-order valence-electron chi connectivity index (χ2n) is 9.40. The van der Waals surface area contributed by atoms with E-state index in [1.165, 1.54) is 5.69 Å². The Labute approximate surface area is 220 Å². The maximum Gasteiger partial charge on any atom is 0.338 e. The molecule has 4 rings (SSSR count). The van der Waals surface area contributed by atoms with Gasteiger partial charge in [-0.25, -0.2) is 4.79 Å². The first-order chi connectivity index (χ1) is 17.5. The van der Waals surface area contributed by atoms with Crippen LogP contribution in [-0.2, 0) is 4.74 Å². The number of esters is 1. The quantitative estimate of drug-likeness (QED) is 0.202. The molecule has 1 atom stereocenters. The van der Waals surface area contributed by atoms with Crippen molar-refractivity contribution in [2.24, 2.45) is 0 Å². The van der Waals surface area contributed by atoms with Gasteiger partial charge in [0.15, 0.2) is 0 Å². The molecule has 3 aromatic rings. The highest BCUT2D eigenvalue weighted by Crippen LogP contribution is 2.50. The van der Waals surface area contributed by atoms with E-state index < -0.39 is 0 Å². The molecule has 3 aromatic carbocycles. The Bertz CT molecular complexity index is 1210. The number of hydrogen-bond donors (Lipinski definition) is 0. The summed E-state index contributed by atoms with van der Waals surface area (Å²) in [5, 5.41) is 0.682. The molecule has 190 valence electrons. The minimum Gasteiger partial charge on any atom is -0.462 e. The number of hydrogen-bond acceptors (Lipinski definition) is 4. The van der Waals surface area contributed by atoms with Gasteiger partial charge in [0.2, 0.25) is 0 Å². The van der Waals surface area contributed by atoms with Crippen molar-refractivity contribution in [3.05, 3.63) is 87.4 Å². The molecule has 0 amide bonds. The minimum absolute atomic E-state index is 0.198. The fraction of sp³-hybridized carbons (Fsp3) is 0.387. The van der Waals surface area contributed by atoms with E-state index in [9.17, 15) is 4.79 Å². The molecule has 4 nitrogen and oxygen atoms in total. The summed E-state index contributed by atoms with van der Waals surface area (Å²) in [6.45, 7) is 10.6. The Morgan fingerprint density at radius 3 is 2.31 bits per heavy atom. The van der Waals surface area contributed by atoms with E-state index in [0.29, 0.717) is 17.2 Å². The van der Waals surface area contributed by atoms with E-state index >= 15 is 0 Å². The number of aryl methyl sites for hydroxylation is 1. The summed E-state index contributed by atoms with van der Waals surface area (Å²) in [5.41, 5.74) is 5.56. The Morgan fingerprint density at radius 2 is 1.61 bits per heavy atom. The van der Waals surface area contributed by atoms with Gasteiger partial charge < -0.3 is 14.4 Å². The summed E-state index contributed by atoms with van der Waals surface area (Å²) < 4.78 is 11.9. The van der Waals surface area contributed by atoms with Crippen LogP contribution in [0.1, 0.15) is 85.0 Å². The van der Waals surface area contributed by atoms with Crippen molar-refractivity contribution in [3.63, 3.8) is 0 Å². The lowest BCUT2D eigenvalue weighted by molar-refractivity contribution is 0.0525. The largest absolute Gasteiger partial charge is 0.462 e. The van der Waals surface area contributed by atoms with Gasteiger partial charge in [0.05, 0.1) is 12.2 Å². The third kappa shape index (κ3) is 5.39. The molecule has 1 aliphatic heterocycles. The highest BCUT2D eigenvalue weighted by Gasteiger charge is 2.32. The number of ether oxygens (including phenoxy) is 2. The third-order valence-electron chi connectivity index (χ3n) is 6.83. The molecule has 1 heterocycles. The van der Waals surface area contributed by atoms with E-state index in [4.69, 9.17) is 21.1 Å². The van der Waals surface area contributed by atoms with Gasteiger partial charge in [-0.05, 0) is 62.1 Å². The molecule has 0 N–H and O–H groups in total. The second-order valence-corrected chi connectivity index (χ2v) is 9.81. The molecular formula is C31H36ClNO3. The summed E-state index contributed by atoms with van der Waals surface area (Å²) in [6.07, 6.45) is 4.61. The predicted octanol–water partition coefficient (Wildman–Crippen LogP) is 8.52. The van der Waals surface area contributed by atoms with Crippen molar-refractivity contribution < 1.29 is 14.3 Å². The van der Waals surface area contributed by atoms with E-state index in [0.717, 1.165) is 72.5 Å². The summed E-state index contributed by atoms with van der Waals surface area (Å²) in [4.78, 5) is 15.4. The van der Waals surface area contributed by atoms with Gasteiger partial charge in [0.1, 0.15) is 11.5 Å². The lowest BCUT2D eigenvalue weighted by Crippen LogP contribution is -2.26. The van der Waals surface area contributed by atoms with Crippen molar-refractivity contribution in [1.29, 1.82) is 0 Å². The van der Waals surface area contributed by atoms with Gasteiger partial charge in [-0.15, -0.1) is 0 Å². The summed E-state index contributed by atoms with van der Waals surface area (Å²) in [7, 11) is 0. The third-order valence-corrected chi connectivity index (χ3v) is 7.23. The van der Waals surface area contributed by atoms with Crippen LogP contribution in [0.4, 0.5) is 5.69 Å². The molecule has 36 heavy (non-hydrogen) atoms. The first-order valence-electron chi connectivity index (χ1n) is 13.1. The maximum absolute atomic E-state index is 12.9. The number of carbonyl (C=O) groups excluding carboxylic acids is 1. The fourth-order valence-corrected chi connectivity index (χ4v) is 5.04. The van der Waals surface area contributed by atoms with Crippen LogP contribution in [-0.4, -0.2) is 25.7 Å². The molecule has 0 spiro atoms. The zero-order valence-electron chi connectivity index (χ0n) is 21.8. The normalized spacial score (nSPS) is 14.0. The average molecular weight is 506 g/mol. The van der Waals surface area contributed by atoms with Gasteiger partial charge in [0, 0.05) is 46.9 Å². The summed E-state index contributed by atoms with van der Waals surface area (Å²) >= 11 is 6.59. The van der Waals surface area contributed by atoms with E-state index in [1.54, 1.807) is 0 Å². The number of fused-ring (bicyclic) bond motifs is 2. The average Bonchev–Trinajstić information content (AvgIpc) is 2.88. The molecule has 1 aliphatic rings. The molecule has 1 unspecified atom stereocenters.